The maximum atomic E-state index is 13.0. The number of aromatic nitrogens is 5. The number of likely N-dealkylation sites (tertiary alicyclic amines) is 1. The first-order valence-electron chi connectivity index (χ1n) is 10.8. The van der Waals surface area contributed by atoms with E-state index in [0.29, 0.717) is 30.2 Å². The van der Waals surface area contributed by atoms with E-state index in [-0.39, 0.29) is 23.8 Å². The summed E-state index contributed by atoms with van der Waals surface area (Å²) in [6, 6.07) is 2.97. The van der Waals surface area contributed by atoms with E-state index in [1.165, 1.54) is 13.2 Å². The first kappa shape index (κ1) is 24.1. The molecule has 13 heteroatoms. The van der Waals surface area contributed by atoms with Crippen molar-refractivity contribution in [2.24, 2.45) is 0 Å². The molecule has 4 heterocycles. The van der Waals surface area contributed by atoms with Gasteiger partial charge in [-0.05, 0) is 20.8 Å². The van der Waals surface area contributed by atoms with Gasteiger partial charge in [0, 0.05) is 48.7 Å². The summed E-state index contributed by atoms with van der Waals surface area (Å²) in [5, 5.41) is 7.26. The summed E-state index contributed by atoms with van der Waals surface area (Å²) in [6.45, 7) is 6.48. The van der Waals surface area contributed by atoms with Gasteiger partial charge in [-0.2, -0.15) is 5.10 Å². The standard InChI is InChI=1S/C22H26F2N8O3/c1-22(2,3)35-21(33)31-10-13(11-31)32-9-12(7-27-32)14-8-26-17(5-15(14)34-4)29-18-6-16(25)28-20(30-18)19(23)24/h5-9,13,19H,10-11H2,1-4H3,(H3,25,26,28,29,30). The lowest BCUT2D eigenvalue weighted by Crippen LogP contribution is -2.52. The number of amides is 1. The highest BCUT2D eigenvalue weighted by Gasteiger charge is 2.35. The molecule has 1 aliphatic rings. The number of hydrogen-bond donors (Lipinski definition) is 2. The molecule has 0 atom stereocenters. The fourth-order valence-corrected chi connectivity index (χ4v) is 3.44. The van der Waals surface area contributed by atoms with Crippen LogP contribution in [0.3, 0.4) is 0 Å². The van der Waals surface area contributed by atoms with Crippen molar-refractivity contribution in [3.05, 3.63) is 36.5 Å². The van der Waals surface area contributed by atoms with Gasteiger partial charge < -0.3 is 25.4 Å². The van der Waals surface area contributed by atoms with Crippen molar-refractivity contribution in [1.29, 1.82) is 0 Å². The van der Waals surface area contributed by atoms with Crippen LogP contribution in [-0.2, 0) is 4.74 Å². The summed E-state index contributed by atoms with van der Waals surface area (Å²) >= 11 is 0. The number of pyridine rings is 1. The van der Waals surface area contributed by atoms with Crippen molar-refractivity contribution in [3.63, 3.8) is 0 Å². The quantitative estimate of drug-likeness (QED) is 0.531. The summed E-state index contributed by atoms with van der Waals surface area (Å²) in [4.78, 5) is 25.4. The molecule has 1 aliphatic heterocycles. The molecule has 0 bridgehead atoms. The smallest absolute Gasteiger partial charge is 0.410 e. The van der Waals surface area contributed by atoms with Gasteiger partial charge in [-0.25, -0.2) is 28.5 Å². The van der Waals surface area contributed by atoms with Crippen LogP contribution in [-0.4, -0.2) is 61.5 Å². The molecule has 1 fully saturated rings. The minimum absolute atomic E-state index is 0.0309. The van der Waals surface area contributed by atoms with E-state index in [1.54, 1.807) is 28.0 Å². The number of nitrogens with two attached hydrogens (primary N) is 1. The van der Waals surface area contributed by atoms with Crippen LogP contribution in [0.25, 0.3) is 11.1 Å². The monoisotopic (exact) mass is 488 g/mol. The van der Waals surface area contributed by atoms with Gasteiger partial charge >= 0.3 is 6.09 Å². The summed E-state index contributed by atoms with van der Waals surface area (Å²) in [7, 11) is 1.51. The number of hydrogen-bond acceptors (Lipinski definition) is 9. The average molecular weight is 488 g/mol. The summed E-state index contributed by atoms with van der Waals surface area (Å²) < 4.78 is 38.6. The van der Waals surface area contributed by atoms with Crippen LogP contribution >= 0.6 is 0 Å². The van der Waals surface area contributed by atoms with Crippen LogP contribution in [0.2, 0.25) is 0 Å². The van der Waals surface area contributed by atoms with Crippen molar-refractivity contribution in [3.8, 4) is 16.9 Å². The summed E-state index contributed by atoms with van der Waals surface area (Å²) in [5.74, 6) is 0.132. The molecule has 0 radical (unpaired) electrons. The van der Waals surface area contributed by atoms with E-state index in [4.69, 9.17) is 15.2 Å². The number of carbonyl (C=O) groups is 1. The Bertz CT molecular complexity index is 1220. The minimum atomic E-state index is -2.85. The molecule has 0 spiro atoms. The zero-order chi connectivity index (χ0) is 25.3. The molecule has 0 unspecified atom stereocenters. The van der Waals surface area contributed by atoms with E-state index < -0.39 is 17.9 Å². The number of alkyl halides is 2. The highest BCUT2D eigenvalue weighted by molar-refractivity contribution is 5.72. The molecular formula is C22H26F2N8O3. The van der Waals surface area contributed by atoms with E-state index in [0.717, 1.165) is 5.56 Å². The number of nitrogens with one attached hydrogen (secondary N) is 1. The van der Waals surface area contributed by atoms with Crippen LogP contribution in [0.5, 0.6) is 5.75 Å². The average Bonchev–Trinajstić information content (AvgIpc) is 3.20. The van der Waals surface area contributed by atoms with Gasteiger partial charge in [0.15, 0.2) is 5.82 Å². The summed E-state index contributed by atoms with van der Waals surface area (Å²) in [6.07, 6.45) is 1.91. The SMILES string of the molecule is COc1cc(Nc2cc(N)nc(C(F)F)n2)ncc1-c1cnn(C2CN(C(=O)OC(C)(C)C)C2)c1. The predicted octanol–water partition coefficient (Wildman–Crippen LogP) is 3.80. The fraction of sp³-hybridized carbons (Fsp3) is 0.409. The van der Waals surface area contributed by atoms with E-state index in [2.05, 4.69) is 25.4 Å². The second-order valence-corrected chi connectivity index (χ2v) is 8.98. The third-order valence-corrected chi connectivity index (χ3v) is 5.10. The van der Waals surface area contributed by atoms with Crippen LogP contribution < -0.4 is 15.8 Å². The Labute approximate surface area is 200 Å². The topological polar surface area (TPSA) is 133 Å². The van der Waals surface area contributed by atoms with Crippen LogP contribution in [0.4, 0.5) is 31.0 Å². The first-order valence-corrected chi connectivity index (χ1v) is 10.8. The largest absolute Gasteiger partial charge is 0.496 e. The molecule has 186 valence electrons. The Balaban J connectivity index is 1.46. The lowest BCUT2D eigenvalue weighted by molar-refractivity contribution is -0.000385. The second-order valence-electron chi connectivity index (χ2n) is 8.98. The normalized spacial score (nSPS) is 14.1. The molecule has 1 saturated heterocycles. The Hall–Kier alpha value is -4.03. The molecule has 3 aromatic heterocycles. The van der Waals surface area contributed by atoms with Crippen molar-refractivity contribution in [2.75, 3.05) is 31.2 Å². The van der Waals surface area contributed by atoms with Crippen molar-refractivity contribution in [2.45, 2.75) is 38.8 Å². The Morgan fingerprint density at radius 3 is 2.60 bits per heavy atom. The van der Waals surface area contributed by atoms with Gasteiger partial charge in [0.05, 0.1) is 19.3 Å². The van der Waals surface area contributed by atoms with E-state index in [1.807, 2.05) is 27.0 Å². The molecule has 1 amide bonds. The van der Waals surface area contributed by atoms with Crippen LogP contribution in [0.1, 0.15) is 39.1 Å². The maximum Gasteiger partial charge on any atom is 0.410 e. The number of anilines is 3. The third kappa shape index (κ3) is 5.55. The molecule has 3 N–H and O–H groups in total. The highest BCUT2D eigenvalue weighted by Crippen LogP contribution is 2.33. The van der Waals surface area contributed by atoms with Crippen molar-refractivity contribution < 1.29 is 23.0 Å². The van der Waals surface area contributed by atoms with Gasteiger partial charge in [0.25, 0.3) is 6.43 Å². The molecule has 35 heavy (non-hydrogen) atoms. The maximum absolute atomic E-state index is 13.0. The number of carbonyl (C=O) groups excluding carboxylic acids is 1. The third-order valence-electron chi connectivity index (χ3n) is 5.10. The number of rotatable bonds is 6. The lowest BCUT2D eigenvalue weighted by Gasteiger charge is -2.39. The number of ether oxygens (including phenoxy) is 2. The zero-order valence-corrected chi connectivity index (χ0v) is 19.7. The highest BCUT2D eigenvalue weighted by atomic mass is 19.3. The van der Waals surface area contributed by atoms with Gasteiger partial charge in [-0.3, -0.25) is 4.68 Å². The predicted molar refractivity (Wildman–Crippen MR) is 124 cm³/mol. The molecule has 11 nitrogen and oxygen atoms in total. The van der Waals surface area contributed by atoms with Gasteiger partial charge in [0.2, 0.25) is 0 Å². The van der Waals surface area contributed by atoms with Crippen molar-refractivity contribution in [1.82, 2.24) is 29.6 Å². The van der Waals surface area contributed by atoms with Crippen LogP contribution in [0, 0.1) is 0 Å². The second kappa shape index (κ2) is 9.31. The number of methoxy groups -OCH3 is 1. The van der Waals surface area contributed by atoms with Gasteiger partial charge in [0.1, 0.15) is 28.8 Å². The minimum Gasteiger partial charge on any atom is -0.496 e. The molecule has 0 aliphatic carbocycles. The molecule has 3 aromatic rings. The van der Waals surface area contributed by atoms with E-state index in [9.17, 15) is 13.6 Å². The molecule has 4 rings (SSSR count). The molecule has 0 saturated carbocycles. The van der Waals surface area contributed by atoms with E-state index >= 15 is 0 Å². The Morgan fingerprint density at radius 1 is 1.20 bits per heavy atom. The molecule has 0 aromatic carbocycles. The lowest BCUT2D eigenvalue weighted by atomic mass is 10.1. The summed E-state index contributed by atoms with van der Waals surface area (Å²) in [5.41, 5.74) is 6.50. The zero-order valence-electron chi connectivity index (χ0n) is 19.7. The van der Waals surface area contributed by atoms with Gasteiger partial charge in [-0.15, -0.1) is 0 Å². The number of nitrogens with zero attached hydrogens (tertiary/aromatic N) is 6. The van der Waals surface area contributed by atoms with Crippen LogP contribution in [0.15, 0.2) is 30.7 Å². The first-order chi connectivity index (χ1) is 16.5. The Morgan fingerprint density at radius 2 is 1.94 bits per heavy atom. The fourth-order valence-electron chi connectivity index (χ4n) is 3.44. The van der Waals surface area contributed by atoms with Crippen molar-refractivity contribution >= 4 is 23.5 Å². The number of nitrogen functional groups attached to an aromatic ring is 1. The molecular weight excluding hydrogens is 462 g/mol. The Kier molecular flexibility index (Phi) is 6.41. The number of halogens is 2. The van der Waals surface area contributed by atoms with Gasteiger partial charge in [-0.1, -0.05) is 0 Å².